The minimum Gasteiger partial charge on any atom is -0.481 e. The minimum atomic E-state index is -4.48. The third-order valence-corrected chi connectivity index (χ3v) is 7.53. The highest BCUT2D eigenvalue weighted by Crippen LogP contribution is 2.37. The average molecular weight is 584 g/mol. The van der Waals surface area contributed by atoms with Crippen LogP contribution in [0.5, 0.6) is 5.88 Å². The Morgan fingerprint density at radius 1 is 0.814 bits per heavy atom. The Morgan fingerprint density at radius 2 is 1.58 bits per heavy atom. The van der Waals surface area contributed by atoms with Crippen molar-refractivity contribution in [1.82, 2.24) is 15.3 Å². The lowest BCUT2D eigenvalue weighted by Gasteiger charge is -2.36. The number of hydrogen-bond acceptors (Lipinski definition) is 3. The van der Waals surface area contributed by atoms with E-state index in [9.17, 15) is 23.1 Å². The summed E-state index contributed by atoms with van der Waals surface area (Å²) in [6.45, 7) is 0.0381. The maximum absolute atomic E-state index is 13.5. The van der Waals surface area contributed by atoms with E-state index in [1.54, 1.807) is 6.07 Å². The molecular weight excluding hydrogens is 555 g/mol. The molecule has 2 aromatic heterocycles. The first-order valence-corrected chi connectivity index (χ1v) is 13.7. The number of H-pyrrole nitrogens is 2. The molecule has 9 heteroatoms. The first-order chi connectivity index (χ1) is 20.7. The van der Waals surface area contributed by atoms with Crippen LogP contribution in [0.3, 0.4) is 0 Å². The van der Waals surface area contributed by atoms with Crippen molar-refractivity contribution in [2.24, 2.45) is 0 Å². The van der Waals surface area contributed by atoms with Crippen LogP contribution in [0.4, 0.5) is 13.2 Å². The quantitative estimate of drug-likeness (QED) is 0.125. The Labute approximate surface area is 245 Å². The second-order valence-electron chi connectivity index (χ2n) is 10.5. The van der Waals surface area contributed by atoms with Crippen LogP contribution in [-0.2, 0) is 36.1 Å². The molecule has 4 aromatic carbocycles. The molecule has 6 rings (SSSR count). The number of benzene rings is 4. The van der Waals surface area contributed by atoms with Crippen LogP contribution in [0, 0.1) is 0 Å². The van der Waals surface area contributed by atoms with E-state index in [1.165, 1.54) is 6.07 Å². The van der Waals surface area contributed by atoms with Gasteiger partial charge in [-0.25, -0.2) is 0 Å². The van der Waals surface area contributed by atoms with Crippen LogP contribution in [0.15, 0.2) is 109 Å². The molecule has 0 aliphatic rings. The third kappa shape index (κ3) is 5.98. The molecule has 0 aliphatic heterocycles. The van der Waals surface area contributed by atoms with Gasteiger partial charge in [-0.05, 0) is 46.8 Å². The summed E-state index contributed by atoms with van der Waals surface area (Å²) < 4.78 is 47.5. The number of aromatic amines is 2. The molecule has 0 radical (unpaired) electrons. The van der Waals surface area contributed by atoms with E-state index in [-0.39, 0.29) is 25.3 Å². The normalized spacial score (nSPS) is 13.3. The van der Waals surface area contributed by atoms with Crippen molar-refractivity contribution >= 4 is 27.8 Å². The lowest BCUT2D eigenvalue weighted by molar-refractivity contribution is -0.138. The average Bonchev–Trinajstić information content (AvgIpc) is 3.60. The summed E-state index contributed by atoms with van der Waals surface area (Å²) in [6.07, 6.45) is -2.66. The highest BCUT2D eigenvalue weighted by molar-refractivity contribution is 5.89. The first-order valence-electron chi connectivity index (χ1n) is 13.7. The number of rotatable bonds is 10. The van der Waals surface area contributed by atoms with Gasteiger partial charge in [0, 0.05) is 46.7 Å². The van der Waals surface area contributed by atoms with Crippen molar-refractivity contribution in [3.05, 3.63) is 137 Å². The van der Waals surface area contributed by atoms with E-state index >= 15 is 0 Å². The highest BCUT2D eigenvalue weighted by atomic mass is 19.4. The predicted octanol–water partition coefficient (Wildman–Crippen LogP) is 7.56. The standard InChI is InChI=1S/C34H28F3N3O3/c35-34(36,37)26-10-6-9-23(17-26)21-39-33(20-22-7-2-1-3-8-22,25-13-14-29-24(18-25)15-16-38-29)43-32-28(19-31(41)42)27-11-4-5-12-30(27)40-32/h1-18,38-40H,19-21H2,(H,41,42). The molecule has 0 fully saturated rings. The van der Waals surface area contributed by atoms with E-state index in [0.29, 0.717) is 22.0 Å². The highest BCUT2D eigenvalue weighted by Gasteiger charge is 2.37. The van der Waals surface area contributed by atoms with E-state index < -0.39 is 23.4 Å². The van der Waals surface area contributed by atoms with Gasteiger partial charge in [-0.15, -0.1) is 0 Å². The van der Waals surface area contributed by atoms with Gasteiger partial charge in [-0.3, -0.25) is 10.1 Å². The van der Waals surface area contributed by atoms with Crippen molar-refractivity contribution in [1.29, 1.82) is 0 Å². The minimum absolute atomic E-state index is 0.0381. The predicted molar refractivity (Wildman–Crippen MR) is 159 cm³/mol. The number of aromatic nitrogens is 2. The molecule has 1 atom stereocenters. The number of nitrogens with one attached hydrogen (secondary N) is 3. The molecule has 6 aromatic rings. The molecule has 0 aliphatic carbocycles. The summed E-state index contributed by atoms with van der Waals surface area (Å²) >= 11 is 0. The van der Waals surface area contributed by atoms with Crippen LogP contribution in [0.25, 0.3) is 21.8 Å². The summed E-state index contributed by atoms with van der Waals surface area (Å²) in [6, 6.07) is 29.8. The third-order valence-electron chi connectivity index (χ3n) is 7.53. The van der Waals surface area contributed by atoms with E-state index in [1.807, 2.05) is 85.1 Å². The molecule has 0 bridgehead atoms. The van der Waals surface area contributed by atoms with Gasteiger partial charge in [0.2, 0.25) is 0 Å². The van der Waals surface area contributed by atoms with E-state index in [2.05, 4.69) is 15.3 Å². The molecule has 0 saturated carbocycles. The summed E-state index contributed by atoms with van der Waals surface area (Å²) in [5.74, 6) is -0.751. The van der Waals surface area contributed by atoms with Crippen LogP contribution in [0.2, 0.25) is 0 Å². The summed E-state index contributed by atoms with van der Waals surface area (Å²) in [5.41, 5.74) is 2.07. The summed E-state index contributed by atoms with van der Waals surface area (Å²) in [5, 5.41) is 14.9. The van der Waals surface area contributed by atoms with Crippen LogP contribution < -0.4 is 10.1 Å². The number of halogens is 3. The van der Waals surface area contributed by atoms with Gasteiger partial charge in [-0.2, -0.15) is 13.2 Å². The summed E-state index contributed by atoms with van der Waals surface area (Å²) in [4.78, 5) is 18.4. The fourth-order valence-corrected chi connectivity index (χ4v) is 5.45. The number of carbonyl (C=O) groups is 1. The first kappa shape index (κ1) is 28.1. The zero-order valence-electron chi connectivity index (χ0n) is 22.9. The number of fused-ring (bicyclic) bond motifs is 2. The molecule has 0 amide bonds. The van der Waals surface area contributed by atoms with Crippen molar-refractivity contribution in [3.8, 4) is 5.88 Å². The SMILES string of the molecule is O=C(O)Cc1c(OC(Cc2ccccc2)(NCc2cccc(C(F)(F)F)c2)c2ccc3[nH]ccc3c2)[nH]c2ccccc12. The second kappa shape index (κ2) is 11.3. The van der Waals surface area contributed by atoms with Crippen molar-refractivity contribution < 1.29 is 27.8 Å². The largest absolute Gasteiger partial charge is 0.481 e. The molecular formula is C34H28F3N3O3. The Morgan fingerprint density at radius 3 is 2.37 bits per heavy atom. The van der Waals surface area contributed by atoms with Crippen molar-refractivity contribution in [3.63, 3.8) is 0 Å². The van der Waals surface area contributed by atoms with Gasteiger partial charge >= 0.3 is 12.1 Å². The molecule has 6 nitrogen and oxygen atoms in total. The number of carboxylic acids is 1. The van der Waals surface area contributed by atoms with Gasteiger partial charge in [0.15, 0.2) is 11.6 Å². The maximum Gasteiger partial charge on any atom is 0.416 e. The molecule has 43 heavy (non-hydrogen) atoms. The fraction of sp³-hybridized carbons (Fsp3) is 0.147. The number of alkyl halides is 3. The van der Waals surface area contributed by atoms with Gasteiger partial charge in [-0.1, -0.05) is 72.8 Å². The fourth-order valence-electron chi connectivity index (χ4n) is 5.45. The van der Waals surface area contributed by atoms with Gasteiger partial charge in [0.1, 0.15) is 0 Å². The lowest BCUT2D eigenvalue weighted by atomic mass is 9.93. The Bertz CT molecular complexity index is 1900. The van der Waals surface area contributed by atoms with Crippen molar-refractivity contribution in [2.45, 2.75) is 31.3 Å². The Kier molecular flexibility index (Phi) is 7.41. The Hall–Kier alpha value is -5.02. The van der Waals surface area contributed by atoms with Crippen LogP contribution >= 0.6 is 0 Å². The molecule has 2 heterocycles. The van der Waals surface area contributed by atoms with Crippen LogP contribution in [-0.4, -0.2) is 21.0 Å². The topological polar surface area (TPSA) is 90.1 Å². The van der Waals surface area contributed by atoms with E-state index in [4.69, 9.17) is 4.74 Å². The summed E-state index contributed by atoms with van der Waals surface area (Å²) in [7, 11) is 0. The number of para-hydroxylation sites is 1. The number of ether oxygens (including phenoxy) is 1. The smallest absolute Gasteiger partial charge is 0.416 e. The maximum atomic E-state index is 13.5. The molecule has 1 unspecified atom stereocenters. The number of aliphatic carboxylic acids is 1. The zero-order valence-corrected chi connectivity index (χ0v) is 22.9. The van der Waals surface area contributed by atoms with Gasteiger partial charge in [0.05, 0.1) is 12.0 Å². The van der Waals surface area contributed by atoms with E-state index in [0.717, 1.165) is 34.2 Å². The molecule has 218 valence electrons. The zero-order chi connectivity index (χ0) is 30.0. The molecule has 0 saturated heterocycles. The number of hydrogen-bond donors (Lipinski definition) is 4. The Balaban J connectivity index is 1.51. The number of carboxylic acid groups (broad SMARTS) is 1. The second-order valence-corrected chi connectivity index (χ2v) is 10.5. The van der Waals surface area contributed by atoms with Gasteiger partial charge in [0.25, 0.3) is 0 Å². The van der Waals surface area contributed by atoms with Crippen molar-refractivity contribution in [2.75, 3.05) is 0 Å². The molecule has 4 N–H and O–H groups in total. The monoisotopic (exact) mass is 583 g/mol. The van der Waals surface area contributed by atoms with Crippen LogP contribution in [0.1, 0.15) is 27.8 Å². The molecule has 0 spiro atoms. The van der Waals surface area contributed by atoms with Gasteiger partial charge < -0.3 is 19.8 Å². The lowest BCUT2D eigenvalue weighted by Crippen LogP contribution is -2.49.